The highest BCUT2D eigenvalue weighted by Crippen LogP contribution is 2.36. The Labute approximate surface area is 117 Å². The summed E-state index contributed by atoms with van der Waals surface area (Å²) in [6.07, 6.45) is 0. The van der Waals surface area contributed by atoms with Gasteiger partial charge in [-0.25, -0.2) is 4.79 Å². The SMILES string of the molecule is COC(=O)C(O)(c1ccccc1)c1ccccc1OC. The standard InChI is InChI=1S/C16H16O4/c1-19-14-11-7-6-10-13(14)16(18,15(17)20-2)12-8-4-3-5-9-12/h3-11,18H,1-2H3. The molecule has 0 aromatic heterocycles. The van der Waals surface area contributed by atoms with Gasteiger partial charge in [0, 0.05) is 5.56 Å². The molecule has 0 saturated carbocycles. The predicted octanol–water partition coefficient (Wildman–Crippen LogP) is 2.10. The Morgan fingerprint density at radius 1 is 1.00 bits per heavy atom. The second-order valence-electron chi connectivity index (χ2n) is 4.27. The Bertz CT molecular complexity index is 594. The summed E-state index contributed by atoms with van der Waals surface area (Å²) in [5, 5.41) is 11.0. The van der Waals surface area contributed by atoms with Crippen LogP contribution < -0.4 is 4.74 Å². The van der Waals surface area contributed by atoms with Gasteiger partial charge in [0.25, 0.3) is 0 Å². The zero-order valence-corrected chi connectivity index (χ0v) is 11.4. The van der Waals surface area contributed by atoms with E-state index in [2.05, 4.69) is 0 Å². The van der Waals surface area contributed by atoms with Gasteiger partial charge in [0.05, 0.1) is 14.2 Å². The van der Waals surface area contributed by atoms with Crippen LogP contribution in [0.5, 0.6) is 5.75 Å². The molecule has 0 spiro atoms. The molecule has 2 aromatic carbocycles. The van der Waals surface area contributed by atoms with Crippen molar-refractivity contribution in [2.24, 2.45) is 0 Å². The van der Waals surface area contributed by atoms with Crippen molar-refractivity contribution in [3.8, 4) is 5.75 Å². The summed E-state index contributed by atoms with van der Waals surface area (Å²) in [6.45, 7) is 0. The Balaban J connectivity index is 2.68. The summed E-state index contributed by atoms with van der Waals surface area (Å²) in [6, 6.07) is 15.5. The summed E-state index contributed by atoms with van der Waals surface area (Å²) in [5.41, 5.74) is -1.13. The average molecular weight is 272 g/mol. The first kappa shape index (κ1) is 14.1. The highest BCUT2D eigenvalue weighted by Gasteiger charge is 2.43. The minimum absolute atomic E-state index is 0.348. The fourth-order valence-electron chi connectivity index (χ4n) is 2.15. The summed E-state index contributed by atoms with van der Waals surface area (Å²) in [4.78, 5) is 12.2. The maximum Gasteiger partial charge on any atom is 0.347 e. The van der Waals surface area contributed by atoms with Crippen molar-refractivity contribution < 1.29 is 19.4 Å². The van der Waals surface area contributed by atoms with Crippen LogP contribution in [0.2, 0.25) is 0 Å². The van der Waals surface area contributed by atoms with E-state index in [-0.39, 0.29) is 0 Å². The molecule has 20 heavy (non-hydrogen) atoms. The molecule has 104 valence electrons. The third kappa shape index (κ3) is 2.26. The number of carbonyl (C=O) groups is 1. The zero-order valence-electron chi connectivity index (χ0n) is 11.4. The number of hydrogen-bond acceptors (Lipinski definition) is 4. The first-order chi connectivity index (χ1) is 9.64. The van der Waals surface area contributed by atoms with E-state index in [4.69, 9.17) is 9.47 Å². The van der Waals surface area contributed by atoms with E-state index in [0.29, 0.717) is 16.9 Å². The van der Waals surface area contributed by atoms with Gasteiger partial charge >= 0.3 is 5.97 Å². The van der Waals surface area contributed by atoms with E-state index in [9.17, 15) is 9.90 Å². The molecule has 0 aliphatic carbocycles. The van der Waals surface area contributed by atoms with E-state index in [1.165, 1.54) is 14.2 Å². The van der Waals surface area contributed by atoms with E-state index < -0.39 is 11.6 Å². The van der Waals surface area contributed by atoms with E-state index in [1.54, 1.807) is 48.5 Å². The van der Waals surface area contributed by atoms with Crippen LogP contribution in [-0.4, -0.2) is 25.3 Å². The predicted molar refractivity (Wildman–Crippen MR) is 74.5 cm³/mol. The fourth-order valence-corrected chi connectivity index (χ4v) is 2.15. The van der Waals surface area contributed by atoms with Crippen LogP contribution in [0, 0.1) is 0 Å². The van der Waals surface area contributed by atoms with Crippen molar-refractivity contribution in [3.63, 3.8) is 0 Å². The topological polar surface area (TPSA) is 55.8 Å². The third-order valence-electron chi connectivity index (χ3n) is 3.17. The van der Waals surface area contributed by atoms with Crippen LogP contribution >= 0.6 is 0 Å². The monoisotopic (exact) mass is 272 g/mol. The molecule has 0 aliphatic rings. The smallest absolute Gasteiger partial charge is 0.347 e. The van der Waals surface area contributed by atoms with Crippen molar-refractivity contribution in [2.75, 3.05) is 14.2 Å². The average Bonchev–Trinajstić information content (AvgIpc) is 2.54. The van der Waals surface area contributed by atoms with Crippen LogP contribution in [0.1, 0.15) is 11.1 Å². The Morgan fingerprint density at radius 2 is 1.60 bits per heavy atom. The maximum absolute atomic E-state index is 12.2. The second-order valence-corrected chi connectivity index (χ2v) is 4.27. The van der Waals surface area contributed by atoms with Crippen LogP contribution in [-0.2, 0) is 15.1 Å². The molecule has 1 atom stereocenters. The molecule has 1 unspecified atom stereocenters. The molecule has 0 radical (unpaired) electrons. The number of ether oxygens (including phenoxy) is 2. The lowest BCUT2D eigenvalue weighted by Crippen LogP contribution is -2.38. The first-order valence-corrected chi connectivity index (χ1v) is 6.14. The van der Waals surface area contributed by atoms with Crippen molar-refractivity contribution >= 4 is 5.97 Å². The first-order valence-electron chi connectivity index (χ1n) is 6.14. The number of carbonyl (C=O) groups excluding carboxylic acids is 1. The van der Waals surface area contributed by atoms with Crippen LogP contribution in [0.4, 0.5) is 0 Å². The molecular formula is C16H16O4. The number of hydrogen-bond donors (Lipinski definition) is 1. The lowest BCUT2D eigenvalue weighted by Gasteiger charge is -2.27. The normalized spacial score (nSPS) is 13.3. The van der Waals surface area contributed by atoms with Gasteiger partial charge in [0.2, 0.25) is 5.60 Å². The largest absolute Gasteiger partial charge is 0.496 e. The fraction of sp³-hybridized carbons (Fsp3) is 0.188. The summed E-state index contributed by atoms with van der Waals surface area (Å²) < 4.78 is 10.0. The molecule has 2 rings (SSSR count). The van der Waals surface area contributed by atoms with Gasteiger partial charge < -0.3 is 14.6 Å². The third-order valence-corrected chi connectivity index (χ3v) is 3.17. The van der Waals surface area contributed by atoms with Crippen LogP contribution in [0.3, 0.4) is 0 Å². The molecule has 4 heteroatoms. The zero-order chi connectivity index (χ0) is 14.6. The van der Waals surface area contributed by atoms with Gasteiger partial charge in [0.1, 0.15) is 5.75 Å². The Kier molecular flexibility index (Phi) is 4.05. The maximum atomic E-state index is 12.2. The molecule has 0 amide bonds. The molecule has 2 aromatic rings. The van der Waals surface area contributed by atoms with Crippen molar-refractivity contribution in [3.05, 3.63) is 65.7 Å². The number of aliphatic hydroxyl groups is 1. The number of methoxy groups -OCH3 is 2. The molecule has 0 fully saturated rings. The summed E-state index contributed by atoms with van der Waals surface area (Å²) >= 11 is 0. The molecular weight excluding hydrogens is 256 g/mol. The van der Waals surface area contributed by atoms with Gasteiger partial charge in [-0.2, -0.15) is 0 Å². The second kappa shape index (κ2) is 5.75. The summed E-state index contributed by atoms with van der Waals surface area (Å²) in [5.74, 6) is -0.336. The molecule has 1 N–H and O–H groups in total. The van der Waals surface area contributed by atoms with Crippen molar-refractivity contribution in [2.45, 2.75) is 5.60 Å². The molecule has 0 aliphatic heterocycles. The van der Waals surface area contributed by atoms with Crippen LogP contribution in [0.25, 0.3) is 0 Å². The molecule has 0 bridgehead atoms. The van der Waals surface area contributed by atoms with Gasteiger partial charge in [-0.1, -0.05) is 48.5 Å². The van der Waals surface area contributed by atoms with Gasteiger partial charge in [-0.3, -0.25) is 0 Å². The minimum Gasteiger partial charge on any atom is -0.496 e. The lowest BCUT2D eigenvalue weighted by molar-refractivity contribution is -0.159. The van der Waals surface area contributed by atoms with Gasteiger partial charge in [-0.05, 0) is 11.6 Å². The Hall–Kier alpha value is -2.33. The van der Waals surface area contributed by atoms with Crippen LogP contribution in [0.15, 0.2) is 54.6 Å². The number of para-hydroxylation sites is 1. The number of rotatable bonds is 4. The van der Waals surface area contributed by atoms with Gasteiger partial charge in [-0.15, -0.1) is 0 Å². The van der Waals surface area contributed by atoms with E-state index in [1.807, 2.05) is 6.07 Å². The molecule has 4 nitrogen and oxygen atoms in total. The minimum atomic E-state index is -1.90. The molecule has 0 heterocycles. The van der Waals surface area contributed by atoms with Gasteiger partial charge in [0.15, 0.2) is 0 Å². The highest BCUT2D eigenvalue weighted by atomic mass is 16.5. The number of esters is 1. The number of benzene rings is 2. The summed E-state index contributed by atoms with van der Waals surface area (Å²) in [7, 11) is 2.73. The molecule has 0 saturated heterocycles. The van der Waals surface area contributed by atoms with E-state index >= 15 is 0 Å². The van der Waals surface area contributed by atoms with Crippen molar-refractivity contribution in [1.29, 1.82) is 0 Å². The highest BCUT2D eigenvalue weighted by molar-refractivity contribution is 5.86. The Morgan fingerprint density at radius 3 is 2.20 bits per heavy atom. The quantitative estimate of drug-likeness (QED) is 0.866. The lowest BCUT2D eigenvalue weighted by atomic mass is 9.85. The van der Waals surface area contributed by atoms with E-state index in [0.717, 1.165) is 0 Å². The van der Waals surface area contributed by atoms with Crippen molar-refractivity contribution in [1.82, 2.24) is 0 Å².